The summed E-state index contributed by atoms with van der Waals surface area (Å²) in [6.07, 6.45) is 7.36. The first-order valence-corrected chi connectivity index (χ1v) is 6.02. The van der Waals surface area contributed by atoms with Gasteiger partial charge in [0.1, 0.15) is 0 Å². The summed E-state index contributed by atoms with van der Waals surface area (Å²) >= 11 is 0. The Hall–Kier alpha value is -0.790. The summed E-state index contributed by atoms with van der Waals surface area (Å²) in [4.78, 5) is 11.1. The van der Waals surface area contributed by atoms with Crippen molar-refractivity contribution in [3.8, 4) is 0 Å². The van der Waals surface area contributed by atoms with E-state index < -0.39 is 5.97 Å². The molecule has 0 atom stereocenters. The van der Waals surface area contributed by atoms with Crippen molar-refractivity contribution >= 4 is 5.97 Å². The van der Waals surface area contributed by atoms with Crippen molar-refractivity contribution < 1.29 is 9.90 Å². The lowest BCUT2D eigenvalue weighted by atomic mass is 9.48. The molecule has 0 aliphatic heterocycles. The van der Waals surface area contributed by atoms with Crippen molar-refractivity contribution in [2.24, 2.45) is 23.2 Å². The van der Waals surface area contributed by atoms with Gasteiger partial charge in [0, 0.05) is 11.0 Å². The molecule has 1 N–H and O–H groups in total. The zero-order chi connectivity index (χ0) is 10.6. The SMILES string of the molecule is C=C(C(=O)O)C12CC3CC(CC(C3)C1)C2. The number of rotatable bonds is 2. The average molecular weight is 206 g/mol. The van der Waals surface area contributed by atoms with Gasteiger partial charge >= 0.3 is 5.97 Å². The van der Waals surface area contributed by atoms with E-state index >= 15 is 0 Å². The molecule has 4 aliphatic rings. The van der Waals surface area contributed by atoms with Crippen LogP contribution in [0.2, 0.25) is 0 Å². The molecule has 2 nitrogen and oxygen atoms in total. The molecule has 0 aromatic heterocycles. The van der Waals surface area contributed by atoms with Crippen molar-refractivity contribution in [3.63, 3.8) is 0 Å². The number of carboxylic acids is 1. The predicted molar refractivity (Wildman–Crippen MR) is 57.4 cm³/mol. The van der Waals surface area contributed by atoms with Crippen LogP contribution in [0.15, 0.2) is 12.2 Å². The molecule has 0 radical (unpaired) electrons. The molecule has 82 valence electrons. The summed E-state index contributed by atoms with van der Waals surface area (Å²) in [7, 11) is 0. The van der Waals surface area contributed by atoms with E-state index in [0.29, 0.717) is 5.57 Å². The van der Waals surface area contributed by atoms with E-state index in [9.17, 15) is 4.79 Å². The maximum absolute atomic E-state index is 11.1. The van der Waals surface area contributed by atoms with Gasteiger partial charge in [-0.1, -0.05) is 6.58 Å². The summed E-state index contributed by atoms with van der Waals surface area (Å²) < 4.78 is 0. The maximum atomic E-state index is 11.1. The molecule has 4 aliphatic carbocycles. The van der Waals surface area contributed by atoms with Crippen LogP contribution in [-0.2, 0) is 4.79 Å². The molecule has 15 heavy (non-hydrogen) atoms. The number of carboxylic acid groups (broad SMARTS) is 1. The third kappa shape index (κ3) is 1.27. The first-order valence-electron chi connectivity index (χ1n) is 6.02. The van der Waals surface area contributed by atoms with Crippen LogP contribution in [0.5, 0.6) is 0 Å². The third-order valence-electron chi connectivity index (χ3n) is 4.94. The predicted octanol–water partition coefficient (Wildman–Crippen LogP) is 2.84. The first kappa shape index (κ1) is 9.44. The van der Waals surface area contributed by atoms with Crippen molar-refractivity contribution in [1.29, 1.82) is 0 Å². The van der Waals surface area contributed by atoms with Crippen LogP contribution in [-0.4, -0.2) is 11.1 Å². The van der Waals surface area contributed by atoms with Crippen LogP contribution >= 0.6 is 0 Å². The quantitative estimate of drug-likeness (QED) is 0.705. The Labute approximate surface area is 90.4 Å². The average Bonchev–Trinajstić information content (AvgIpc) is 2.14. The van der Waals surface area contributed by atoms with Gasteiger partial charge in [0.25, 0.3) is 0 Å². The minimum absolute atomic E-state index is 0.0133. The molecule has 0 unspecified atom stereocenters. The Morgan fingerprint density at radius 3 is 1.80 bits per heavy atom. The Morgan fingerprint density at radius 2 is 1.47 bits per heavy atom. The second-order valence-electron chi connectivity index (χ2n) is 5.98. The summed E-state index contributed by atoms with van der Waals surface area (Å²) in [5, 5.41) is 9.14. The monoisotopic (exact) mass is 206 g/mol. The number of hydrogen-bond donors (Lipinski definition) is 1. The van der Waals surface area contributed by atoms with E-state index in [1.165, 1.54) is 19.3 Å². The molecule has 0 saturated heterocycles. The zero-order valence-electron chi connectivity index (χ0n) is 9.04. The minimum atomic E-state index is -0.767. The normalized spacial score (nSPS) is 46.8. The standard InChI is InChI=1S/C13H18O2/c1-8(12(14)15)13-5-9-2-10(6-13)4-11(3-9)7-13/h9-11H,1-7H2,(H,14,15). The molecule has 4 fully saturated rings. The lowest BCUT2D eigenvalue weighted by Crippen LogP contribution is -2.47. The van der Waals surface area contributed by atoms with Gasteiger partial charge in [0.05, 0.1) is 0 Å². The highest BCUT2D eigenvalue weighted by molar-refractivity contribution is 5.87. The molecule has 4 rings (SSSR count). The molecule has 2 heteroatoms. The van der Waals surface area contributed by atoms with Crippen LogP contribution in [0.4, 0.5) is 0 Å². The van der Waals surface area contributed by atoms with Gasteiger partial charge in [-0.2, -0.15) is 0 Å². The smallest absolute Gasteiger partial charge is 0.331 e. The highest BCUT2D eigenvalue weighted by Crippen LogP contribution is 2.62. The number of carbonyl (C=O) groups is 1. The fourth-order valence-electron chi connectivity index (χ4n) is 4.71. The van der Waals surface area contributed by atoms with Gasteiger partial charge in [0.15, 0.2) is 0 Å². The zero-order valence-corrected chi connectivity index (χ0v) is 9.04. The van der Waals surface area contributed by atoms with Gasteiger partial charge in [-0.25, -0.2) is 4.79 Å². The van der Waals surface area contributed by atoms with E-state index in [1.54, 1.807) is 0 Å². The van der Waals surface area contributed by atoms with Gasteiger partial charge in [-0.05, 0) is 56.3 Å². The molecule has 4 bridgehead atoms. The summed E-state index contributed by atoms with van der Waals surface area (Å²) in [6.45, 7) is 3.84. The van der Waals surface area contributed by atoms with E-state index in [0.717, 1.165) is 37.0 Å². The number of aliphatic carboxylic acids is 1. The second-order valence-corrected chi connectivity index (χ2v) is 5.98. The summed E-state index contributed by atoms with van der Waals surface area (Å²) in [5.41, 5.74) is 0.488. The summed E-state index contributed by atoms with van der Waals surface area (Å²) in [5.74, 6) is 1.63. The molecule has 0 aromatic carbocycles. The molecule has 0 aromatic rings. The Kier molecular flexibility index (Phi) is 1.80. The fourth-order valence-corrected chi connectivity index (χ4v) is 4.71. The van der Waals surface area contributed by atoms with E-state index in [2.05, 4.69) is 6.58 Å². The lowest BCUT2D eigenvalue weighted by molar-refractivity contribution is -0.136. The lowest BCUT2D eigenvalue weighted by Gasteiger charge is -2.56. The molecule has 0 amide bonds. The first-order chi connectivity index (χ1) is 7.09. The minimum Gasteiger partial charge on any atom is -0.478 e. The molecule has 4 saturated carbocycles. The Bertz CT molecular complexity index is 294. The highest BCUT2D eigenvalue weighted by Gasteiger charge is 2.53. The van der Waals surface area contributed by atoms with Crippen LogP contribution < -0.4 is 0 Å². The van der Waals surface area contributed by atoms with Gasteiger partial charge < -0.3 is 5.11 Å². The van der Waals surface area contributed by atoms with E-state index in [1.807, 2.05) is 0 Å². The second kappa shape index (κ2) is 2.87. The topological polar surface area (TPSA) is 37.3 Å². The Balaban J connectivity index is 1.93. The molecular formula is C13H18O2. The van der Waals surface area contributed by atoms with Crippen LogP contribution in [0.3, 0.4) is 0 Å². The third-order valence-corrected chi connectivity index (χ3v) is 4.94. The summed E-state index contributed by atoms with van der Waals surface area (Å²) in [6, 6.07) is 0. The molecule has 0 spiro atoms. The van der Waals surface area contributed by atoms with Gasteiger partial charge in [-0.3, -0.25) is 0 Å². The molecular weight excluding hydrogens is 188 g/mol. The molecule has 0 heterocycles. The Morgan fingerprint density at radius 1 is 1.07 bits per heavy atom. The van der Waals surface area contributed by atoms with Crippen molar-refractivity contribution in [2.45, 2.75) is 38.5 Å². The largest absolute Gasteiger partial charge is 0.478 e. The van der Waals surface area contributed by atoms with Gasteiger partial charge in [-0.15, -0.1) is 0 Å². The van der Waals surface area contributed by atoms with Crippen LogP contribution in [0, 0.1) is 23.2 Å². The van der Waals surface area contributed by atoms with Crippen LogP contribution in [0.1, 0.15) is 38.5 Å². The fraction of sp³-hybridized carbons (Fsp3) is 0.769. The maximum Gasteiger partial charge on any atom is 0.331 e. The van der Waals surface area contributed by atoms with Gasteiger partial charge in [0.2, 0.25) is 0 Å². The van der Waals surface area contributed by atoms with Crippen molar-refractivity contribution in [2.75, 3.05) is 0 Å². The van der Waals surface area contributed by atoms with Crippen molar-refractivity contribution in [3.05, 3.63) is 12.2 Å². The number of hydrogen-bond acceptors (Lipinski definition) is 1. The highest BCUT2D eigenvalue weighted by atomic mass is 16.4. The van der Waals surface area contributed by atoms with E-state index in [4.69, 9.17) is 5.11 Å². The van der Waals surface area contributed by atoms with Crippen LogP contribution in [0.25, 0.3) is 0 Å². The van der Waals surface area contributed by atoms with E-state index in [-0.39, 0.29) is 5.41 Å². The van der Waals surface area contributed by atoms with Crippen molar-refractivity contribution in [1.82, 2.24) is 0 Å².